The SMILES string of the molecule is CCn1ccnc1C(=O)Nc1ccc(F)c([C@]2(C(F)F)COCC(N)=N2)c1.Cl. The number of carbonyl (C=O) groups excluding carboxylic acids is 1. The summed E-state index contributed by atoms with van der Waals surface area (Å²) in [6, 6.07) is 3.37. The van der Waals surface area contributed by atoms with Crippen molar-refractivity contribution in [2.45, 2.75) is 25.4 Å². The van der Waals surface area contributed by atoms with Crippen LogP contribution >= 0.6 is 12.4 Å². The molecular weight excluding hydrogens is 399 g/mol. The zero-order valence-corrected chi connectivity index (χ0v) is 15.7. The molecule has 2 aromatic rings. The molecule has 11 heteroatoms. The predicted octanol–water partition coefficient (Wildman–Crippen LogP) is 2.56. The highest BCUT2D eigenvalue weighted by Gasteiger charge is 2.46. The summed E-state index contributed by atoms with van der Waals surface area (Å²) >= 11 is 0. The molecule has 1 amide bonds. The number of carbonyl (C=O) groups is 1. The molecule has 0 unspecified atom stereocenters. The summed E-state index contributed by atoms with van der Waals surface area (Å²) in [6.45, 7) is 1.73. The second kappa shape index (κ2) is 8.61. The van der Waals surface area contributed by atoms with Crippen LogP contribution in [0.1, 0.15) is 23.1 Å². The number of aromatic nitrogens is 2. The molecule has 3 N–H and O–H groups in total. The van der Waals surface area contributed by atoms with Gasteiger partial charge >= 0.3 is 0 Å². The molecule has 0 radical (unpaired) electrons. The molecule has 7 nitrogen and oxygen atoms in total. The minimum atomic E-state index is -3.06. The highest BCUT2D eigenvalue weighted by molar-refractivity contribution is 6.01. The first-order valence-electron chi connectivity index (χ1n) is 8.20. The molecule has 0 aliphatic carbocycles. The fraction of sp³-hybridized carbons (Fsp3) is 0.353. The molecule has 0 bridgehead atoms. The van der Waals surface area contributed by atoms with Crippen LogP contribution in [0.5, 0.6) is 0 Å². The van der Waals surface area contributed by atoms with E-state index < -0.39 is 35.9 Å². The van der Waals surface area contributed by atoms with Crippen molar-refractivity contribution in [1.29, 1.82) is 0 Å². The molecule has 0 saturated carbocycles. The minimum absolute atomic E-state index is 0. The maximum atomic E-state index is 14.4. The quantitative estimate of drug-likeness (QED) is 0.781. The molecule has 0 spiro atoms. The Bertz CT molecular complexity index is 889. The van der Waals surface area contributed by atoms with E-state index >= 15 is 0 Å². The van der Waals surface area contributed by atoms with E-state index in [1.54, 1.807) is 10.8 Å². The average Bonchev–Trinajstić information content (AvgIpc) is 3.12. The number of ether oxygens (including phenoxy) is 1. The lowest BCUT2D eigenvalue weighted by Crippen LogP contribution is -2.45. The number of hydrogen-bond donors (Lipinski definition) is 2. The van der Waals surface area contributed by atoms with Crippen molar-refractivity contribution < 1.29 is 22.7 Å². The smallest absolute Gasteiger partial charge is 0.291 e. The Morgan fingerprint density at radius 1 is 1.46 bits per heavy atom. The summed E-state index contributed by atoms with van der Waals surface area (Å²) in [4.78, 5) is 20.1. The summed E-state index contributed by atoms with van der Waals surface area (Å²) in [7, 11) is 0. The van der Waals surface area contributed by atoms with Crippen molar-refractivity contribution in [3.8, 4) is 0 Å². The Balaban J connectivity index is 0.00000280. The minimum Gasteiger partial charge on any atom is -0.385 e. The van der Waals surface area contributed by atoms with Gasteiger partial charge in [0.15, 0.2) is 11.4 Å². The third-order valence-electron chi connectivity index (χ3n) is 4.23. The molecule has 1 aromatic carbocycles. The van der Waals surface area contributed by atoms with Gasteiger partial charge in [0.25, 0.3) is 12.3 Å². The van der Waals surface area contributed by atoms with Crippen LogP contribution < -0.4 is 11.1 Å². The van der Waals surface area contributed by atoms with Crippen molar-refractivity contribution >= 4 is 29.8 Å². The van der Waals surface area contributed by atoms with Crippen LogP contribution in [0.2, 0.25) is 0 Å². The first kappa shape index (κ1) is 21.7. The fourth-order valence-corrected chi connectivity index (χ4v) is 2.89. The van der Waals surface area contributed by atoms with Gasteiger partial charge in [-0.25, -0.2) is 18.2 Å². The first-order valence-corrected chi connectivity index (χ1v) is 8.20. The van der Waals surface area contributed by atoms with E-state index in [1.807, 2.05) is 6.92 Å². The number of amides is 1. The molecule has 28 heavy (non-hydrogen) atoms. The second-order valence-electron chi connectivity index (χ2n) is 6.01. The van der Waals surface area contributed by atoms with Gasteiger partial charge in [0.1, 0.15) is 18.3 Å². The molecule has 2 heterocycles. The number of benzene rings is 1. The topological polar surface area (TPSA) is 94.5 Å². The Labute approximate surface area is 165 Å². The third-order valence-corrected chi connectivity index (χ3v) is 4.23. The number of nitrogens with two attached hydrogens (primary N) is 1. The summed E-state index contributed by atoms with van der Waals surface area (Å²) in [5, 5.41) is 2.54. The van der Waals surface area contributed by atoms with Crippen LogP contribution in [0, 0.1) is 5.82 Å². The van der Waals surface area contributed by atoms with Crippen LogP contribution in [-0.2, 0) is 16.8 Å². The molecule has 1 aromatic heterocycles. The number of aryl methyl sites for hydroxylation is 1. The van der Waals surface area contributed by atoms with Crippen LogP contribution in [0.4, 0.5) is 18.9 Å². The van der Waals surface area contributed by atoms with Crippen molar-refractivity contribution in [2.75, 3.05) is 18.5 Å². The lowest BCUT2D eigenvalue weighted by Gasteiger charge is -2.33. The Morgan fingerprint density at radius 3 is 2.86 bits per heavy atom. The number of halogens is 4. The van der Waals surface area contributed by atoms with Gasteiger partial charge in [-0.05, 0) is 25.1 Å². The predicted molar refractivity (Wildman–Crippen MR) is 99.6 cm³/mol. The zero-order valence-electron chi connectivity index (χ0n) is 14.9. The van der Waals surface area contributed by atoms with Crippen molar-refractivity contribution in [3.63, 3.8) is 0 Å². The summed E-state index contributed by atoms with van der Waals surface area (Å²) in [6.07, 6.45) is 0.0425. The molecule has 0 saturated heterocycles. The normalized spacial score (nSPS) is 19.1. The van der Waals surface area contributed by atoms with Crippen LogP contribution in [0.15, 0.2) is 35.6 Å². The number of anilines is 1. The highest BCUT2D eigenvalue weighted by Crippen LogP contribution is 2.37. The number of alkyl halides is 2. The molecule has 152 valence electrons. The van der Waals surface area contributed by atoms with Gasteiger partial charge in [0.2, 0.25) is 0 Å². The van der Waals surface area contributed by atoms with Crippen LogP contribution in [0.25, 0.3) is 0 Å². The van der Waals surface area contributed by atoms with Gasteiger partial charge in [-0.1, -0.05) is 0 Å². The number of hydrogen-bond acceptors (Lipinski definition) is 5. The van der Waals surface area contributed by atoms with Crippen molar-refractivity contribution in [3.05, 3.63) is 47.8 Å². The van der Waals surface area contributed by atoms with E-state index in [4.69, 9.17) is 10.5 Å². The Morgan fingerprint density at radius 2 is 2.21 bits per heavy atom. The van der Waals surface area contributed by atoms with Crippen molar-refractivity contribution in [1.82, 2.24) is 9.55 Å². The van der Waals surface area contributed by atoms with Crippen LogP contribution in [-0.4, -0.2) is 40.9 Å². The lowest BCUT2D eigenvalue weighted by atomic mass is 9.90. The molecule has 3 rings (SSSR count). The summed E-state index contributed by atoms with van der Waals surface area (Å²) in [5.41, 5.74) is 2.99. The van der Waals surface area contributed by atoms with E-state index in [1.165, 1.54) is 12.3 Å². The number of nitrogens with zero attached hydrogens (tertiary/aromatic N) is 3. The largest absolute Gasteiger partial charge is 0.385 e. The Kier molecular flexibility index (Phi) is 6.68. The van der Waals surface area contributed by atoms with E-state index in [-0.39, 0.29) is 36.4 Å². The number of rotatable bonds is 5. The Hall–Kier alpha value is -2.59. The van der Waals surface area contributed by atoms with Gasteiger partial charge in [0.05, 0.1) is 6.61 Å². The van der Waals surface area contributed by atoms with Crippen LogP contribution in [0.3, 0.4) is 0 Å². The second-order valence-corrected chi connectivity index (χ2v) is 6.01. The van der Waals surface area contributed by atoms with E-state index in [0.717, 1.165) is 12.1 Å². The van der Waals surface area contributed by atoms with E-state index in [9.17, 15) is 18.0 Å². The maximum absolute atomic E-state index is 14.4. The molecule has 1 aliphatic heterocycles. The van der Waals surface area contributed by atoms with Gasteiger partial charge < -0.3 is 20.4 Å². The monoisotopic (exact) mass is 417 g/mol. The highest BCUT2D eigenvalue weighted by atomic mass is 35.5. The molecule has 1 aliphatic rings. The fourth-order valence-electron chi connectivity index (χ4n) is 2.89. The summed E-state index contributed by atoms with van der Waals surface area (Å²) < 4.78 is 48.7. The van der Waals surface area contributed by atoms with Gasteiger partial charge in [-0.2, -0.15) is 0 Å². The van der Waals surface area contributed by atoms with Gasteiger partial charge in [0, 0.05) is 30.2 Å². The summed E-state index contributed by atoms with van der Waals surface area (Å²) in [5.74, 6) is -1.45. The molecular formula is C17H19ClF3N5O2. The number of nitrogens with one attached hydrogen (secondary N) is 1. The standard InChI is InChI=1S/C17H18F3N5O2.ClH/c1-2-25-6-5-22-14(25)15(26)23-10-3-4-12(18)11(7-10)17(16(19)20)9-27-8-13(21)24-17;/h3-7,16H,2,8-9H2,1H3,(H2,21,24)(H,23,26);1H/t17-;/m0./s1. The number of aliphatic imine (C=N–C) groups is 1. The third kappa shape index (κ3) is 3.97. The van der Waals surface area contributed by atoms with E-state index in [0.29, 0.717) is 6.54 Å². The van der Waals surface area contributed by atoms with Gasteiger partial charge in [-0.15, -0.1) is 12.4 Å². The van der Waals surface area contributed by atoms with Crippen molar-refractivity contribution in [2.24, 2.45) is 10.7 Å². The first-order chi connectivity index (χ1) is 12.9. The maximum Gasteiger partial charge on any atom is 0.291 e. The zero-order chi connectivity index (χ0) is 19.6. The van der Waals surface area contributed by atoms with E-state index in [2.05, 4.69) is 15.3 Å². The van der Waals surface area contributed by atoms with Gasteiger partial charge in [-0.3, -0.25) is 9.79 Å². The number of imidazole rings is 1. The number of amidine groups is 1. The molecule has 1 atom stereocenters. The average molecular weight is 418 g/mol. The molecule has 0 fully saturated rings. The lowest BCUT2D eigenvalue weighted by molar-refractivity contribution is -0.0145.